The van der Waals surface area contributed by atoms with E-state index >= 15 is 0 Å². The summed E-state index contributed by atoms with van der Waals surface area (Å²) in [5.41, 5.74) is 6.20. The highest BCUT2D eigenvalue weighted by molar-refractivity contribution is 7.98. The lowest BCUT2D eigenvalue weighted by Gasteiger charge is -2.05. The van der Waals surface area contributed by atoms with Gasteiger partial charge >= 0.3 is 0 Å². The van der Waals surface area contributed by atoms with Crippen molar-refractivity contribution in [2.24, 2.45) is 0 Å². The molecule has 0 radical (unpaired) electrons. The van der Waals surface area contributed by atoms with Crippen molar-refractivity contribution >= 4 is 17.6 Å². The number of rotatable bonds is 2. The minimum absolute atomic E-state index is 0.333. The van der Waals surface area contributed by atoms with E-state index in [-0.39, 0.29) is 5.82 Å². The molecule has 0 amide bonds. The standard InChI is InChI=1S/C10H10FN3S/c1-15-9-6-13-14(10(9)12)8-5-3-2-4-7(8)11/h2-6H,12H2,1H3. The van der Waals surface area contributed by atoms with Gasteiger partial charge in [-0.2, -0.15) is 5.10 Å². The molecule has 0 atom stereocenters. The first-order chi connectivity index (χ1) is 7.24. The third kappa shape index (κ3) is 1.70. The lowest BCUT2D eigenvalue weighted by molar-refractivity contribution is 0.612. The van der Waals surface area contributed by atoms with Gasteiger partial charge in [-0.3, -0.25) is 0 Å². The highest BCUT2D eigenvalue weighted by Gasteiger charge is 2.10. The van der Waals surface area contributed by atoms with Crippen molar-refractivity contribution in [1.29, 1.82) is 0 Å². The fourth-order valence-electron chi connectivity index (χ4n) is 1.32. The number of hydrogen-bond donors (Lipinski definition) is 1. The molecule has 0 saturated carbocycles. The molecule has 0 spiro atoms. The molecule has 0 unspecified atom stereocenters. The Morgan fingerprint density at radius 2 is 2.13 bits per heavy atom. The molecule has 78 valence electrons. The van der Waals surface area contributed by atoms with Crippen LogP contribution in [0.15, 0.2) is 35.4 Å². The van der Waals surface area contributed by atoms with Crippen molar-refractivity contribution < 1.29 is 4.39 Å². The van der Waals surface area contributed by atoms with E-state index in [0.717, 1.165) is 4.90 Å². The molecule has 0 aliphatic heterocycles. The summed E-state index contributed by atoms with van der Waals surface area (Å²) in [4.78, 5) is 0.846. The molecular weight excluding hydrogens is 213 g/mol. The third-order valence-corrected chi connectivity index (χ3v) is 2.83. The zero-order chi connectivity index (χ0) is 10.8. The average Bonchev–Trinajstić information content (AvgIpc) is 2.60. The van der Waals surface area contributed by atoms with E-state index in [4.69, 9.17) is 5.73 Å². The van der Waals surface area contributed by atoms with Crippen LogP contribution in [0.4, 0.5) is 10.2 Å². The quantitative estimate of drug-likeness (QED) is 0.794. The number of nitrogens with two attached hydrogens (primary N) is 1. The van der Waals surface area contributed by atoms with Crippen LogP contribution in [0.3, 0.4) is 0 Å². The number of hydrogen-bond acceptors (Lipinski definition) is 3. The number of aromatic nitrogens is 2. The number of anilines is 1. The fraction of sp³-hybridized carbons (Fsp3) is 0.100. The monoisotopic (exact) mass is 223 g/mol. The van der Waals surface area contributed by atoms with Gasteiger partial charge in [0.25, 0.3) is 0 Å². The van der Waals surface area contributed by atoms with Gasteiger partial charge in [0, 0.05) is 0 Å². The van der Waals surface area contributed by atoms with Gasteiger partial charge in [-0.25, -0.2) is 9.07 Å². The van der Waals surface area contributed by atoms with Gasteiger partial charge in [-0.1, -0.05) is 12.1 Å². The summed E-state index contributed by atoms with van der Waals surface area (Å²) < 4.78 is 14.8. The van der Waals surface area contributed by atoms with Crippen LogP contribution < -0.4 is 5.73 Å². The molecule has 0 bridgehead atoms. The zero-order valence-corrected chi connectivity index (χ0v) is 8.96. The zero-order valence-electron chi connectivity index (χ0n) is 8.14. The summed E-state index contributed by atoms with van der Waals surface area (Å²) in [5.74, 6) is 0.132. The van der Waals surface area contributed by atoms with Gasteiger partial charge in [-0.05, 0) is 18.4 Å². The molecule has 1 heterocycles. The van der Waals surface area contributed by atoms with E-state index < -0.39 is 0 Å². The Bertz CT molecular complexity index is 481. The Labute approximate surface area is 91.1 Å². The predicted octanol–water partition coefficient (Wildman–Crippen LogP) is 2.32. The van der Waals surface area contributed by atoms with E-state index in [0.29, 0.717) is 11.5 Å². The molecule has 2 rings (SSSR count). The second-order valence-electron chi connectivity index (χ2n) is 2.96. The first kappa shape index (κ1) is 10.0. The van der Waals surface area contributed by atoms with E-state index in [1.807, 2.05) is 6.26 Å². The van der Waals surface area contributed by atoms with E-state index in [2.05, 4.69) is 5.10 Å². The van der Waals surface area contributed by atoms with Crippen molar-refractivity contribution in [1.82, 2.24) is 9.78 Å². The van der Waals surface area contributed by atoms with Gasteiger partial charge in [0.15, 0.2) is 0 Å². The lowest BCUT2D eigenvalue weighted by atomic mass is 10.3. The topological polar surface area (TPSA) is 43.8 Å². The van der Waals surface area contributed by atoms with Gasteiger partial charge in [0.05, 0.1) is 11.1 Å². The third-order valence-electron chi connectivity index (χ3n) is 2.07. The van der Waals surface area contributed by atoms with Crippen LogP contribution in [0.25, 0.3) is 5.69 Å². The van der Waals surface area contributed by atoms with Crippen LogP contribution in [0, 0.1) is 5.82 Å². The van der Waals surface area contributed by atoms with Crippen molar-refractivity contribution in [2.75, 3.05) is 12.0 Å². The smallest absolute Gasteiger partial charge is 0.148 e. The molecule has 15 heavy (non-hydrogen) atoms. The lowest BCUT2D eigenvalue weighted by Crippen LogP contribution is -2.04. The summed E-state index contributed by atoms with van der Waals surface area (Å²) in [6.45, 7) is 0. The van der Waals surface area contributed by atoms with Crippen LogP contribution in [-0.4, -0.2) is 16.0 Å². The van der Waals surface area contributed by atoms with Gasteiger partial charge in [0.2, 0.25) is 0 Å². The fourth-order valence-corrected chi connectivity index (χ4v) is 1.76. The second-order valence-corrected chi connectivity index (χ2v) is 3.81. The molecule has 0 saturated heterocycles. The Morgan fingerprint density at radius 1 is 1.40 bits per heavy atom. The normalized spacial score (nSPS) is 10.5. The van der Waals surface area contributed by atoms with Crippen molar-refractivity contribution in [3.63, 3.8) is 0 Å². The van der Waals surface area contributed by atoms with Crippen molar-refractivity contribution in [3.8, 4) is 5.69 Å². The average molecular weight is 223 g/mol. The summed E-state index contributed by atoms with van der Waals surface area (Å²) in [5, 5.41) is 4.05. The Morgan fingerprint density at radius 3 is 2.73 bits per heavy atom. The number of nitrogen functional groups attached to an aromatic ring is 1. The van der Waals surface area contributed by atoms with E-state index in [1.165, 1.54) is 22.5 Å². The maximum absolute atomic E-state index is 13.4. The second kappa shape index (κ2) is 3.94. The number of benzene rings is 1. The van der Waals surface area contributed by atoms with E-state index in [1.54, 1.807) is 24.4 Å². The highest BCUT2D eigenvalue weighted by Crippen LogP contribution is 2.25. The maximum atomic E-state index is 13.4. The van der Waals surface area contributed by atoms with Gasteiger partial charge in [0.1, 0.15) is 17.3 Å². The predicted molar refractivity (Wildman–Crippen MR) is 59.7 cm³/mol. The first-order valence-corrected chi connectivity index (χ1v) is 5.59. The summed E-state index contributed by atoms with van der Waals surface area (Å²) >= 11 is 1.49. The Balaban J connectivity index is 2.55. The molecule has 2 N–H and O–H groups in total. The maximum Gasteiger partial charge on any atom is 0.148 e. The first-order valence-electron chi connectivity index (χ1n) is 4.36. The highest BCUT2D eigenvalue weighted by atomic mass is 32.2. The van der Waals surface area contributed by atoms with Crippen LogP contribution in [0.1, 0.15) is 0 Å². The van der Waals surface area contributed by atoms with Crippen LogP contribution in [0.5, 0.6) is 0 Å². The van der Waals surface area contributed by atoms with Gasteiger partial charge in [-0.15, -0.1) is 11.8 Å². The number of thioether (sulfide) groups is 1. The van der Waals surface area contributed by atoms with Crippen LogP contribution in [0.2, 0.25) is 0 Å². The summed E-state index contributed by atoms with van der Waals surface area (Å²) in [6.07, 6.45) is 3.53. The minimum Gasteiger partial charge on any atom is -0.383 e. The molecule has 1 aromatic heterocycles. The van der Waals surface area contributed by atoms with Crippen LogP contribution in [-0.2, 0) is 0 Å². The Kier molecular flexibility index (Phi) is 2.64. The SMILES string of the molecule is CSc1cnn(-c2ccccc2F)c1N. The number of halogens is 1. The molecule has 2 aromatic rings. The molecule has 3 nitrogen and oxygen atoms in total. The molecule has 5 heteroatoms. The number of para-hydroxylation sites is 1. The molecule has 0 aliphatic carbocycles. The number of nitrogens with zero attached hydrogens (tertiary/aromatic N) is 2. The largest absolute Gasteiger partial charge is 0.383 e. The van der Waals surface area contributed by atoms with Crippen molar-refractivity contribution in [3.05, 3.63) is 36.3 Å². The molecule has 0 fully saturated rings. The molecule has 0 aliphatic rings. The minimum atomic E-state index is -0.333. The summed E-state index contributed by atoms with van der Waals surface area (Å²) in [6, 6.07) is 6.41. The van der Waals surface area contributed by atoms with Crippen LogP contribution >= 0.6 is 11.8 Å². The molecular formula is C10H10FN3S. The van der Waals surface area contributed by atoms with E-state index in [9.17, 15) is 4.39 Å². The van der Waals surface area contributed by atoms with Crippen molar-refractivity contribution in [2.45, 2.75) is 4.90 Å². The molecule has 1 aromatic carbocycles. The Hall–Kier alpha value is -1.49. The summed E-state index contributed by atoms with van der Waals surface area (Å²) in [7, 11) is 0. The van der Waals surface area contributed by atoms with Gasteiger partial charge < -0.3 is 5.73 Å².